The molecule has 3 rings (SSSR count). The van der Waals surface area contributed by atoms with Crippen LogP contribution >= 0.6 is 43.2 Å². The number of aryl methyl sites for hydroxylation is 1. The van der Waals surface area contributed by atoms with Gasteiger partial charge in [0, 0.05) is 37.4 Å². The molecule has 6 heteroatoms. The van der Waals surface area contributed by atoms with Gasteiger partial charge in [0.05, 0.1) is 5.69 Å². The van der Waals surface area contributed by atoms with E-state index in [0.29, 0.717) is 13.2 Å². The van der Waals surface area contributed by atoms with Crippen molar-refractivity contribution in [1.29, 1.82) is 0 Å². The van der Waals surface area contributed by atoms with E-state index in [4.69, 9.17) is 9.47 Å². The van der Waals surface area contributed by atoms with Gasteiger partial charge in [-0.1, -0.05) is 0 Å². The van der Waals surface area contributed by atoms with Crippen LogP contribution in [-0.2, 0) is 6.54 Å². The van der Waals surface area contributed by atoms with Gasteiger partial charge in [0.2, 0.25) is 0 Å². The van der Waals surface area contributed by atoms with Crippen LogP contribution in [0.5, 0.6) is 11.5 Å². The lowest BCUT2D eigenvalue weighted by atomic mass is 10.2. The number of halogens is 2. The first-order valence-electron chi connectivity index (χ1n) is 6.21. The third-order valence-electron chi connectivity index (χ3n) is 2.99. The van der Waals surface area contributed by atoms with Crippen molar-refractivity contribution in [2.45, 2.75) is 13.5 Å². The van der Waals surface area contributed by atoms with E-state index < -0.39 is 0 Å². The molecule has 0 saturated carbocycles. The Morgan fingerprint density at radius 2 is 1.80 bits per heavy atom. The molecule has 0 saturated heterocycles. The van der Waals surface area contributed by atoms with Crippen LogP contribution in [0.15, 0.2) is 27.1 Å². The molecular weight excluding hydrogens is 406 g/mol. The summed E-state index contributed by atoms with van der Waals surface area (Å²) in [5.41, 5.74) is 1.01. The summed E-state index contributed by atoms with van der Waals surface area (Å²) in [5, 5.41) is 3.43. The predicted molar refractivity (Wildman–Crippen MR) is 89.2 cm³/mol. The fourth-order valence-corrected chi connectivity index (χ4v) is 3.99. The van der Waals surface area contributed by atoms with Crippen molar-refractivity contribution in [3.05, 3.63) is 36.9 Å². The summed E-state index contributed by atoms with van der Waals surface area (Å²) < 4.78 is 13.3. The van der Waals surface area contributed by atoms with Gasteiger partial charge >= 0.3 is 0 Å². The van der Waals surface area contributed by atoms with Crippen LogP contribution in [0, 0.1) is 6.92 Å². The zero-order valence-corrected chi connectivity index (χ0v) is 14.8. The smallest absolute Gasteiger partial charge is 0.163 e. The maximum absolute atomic E-state index is 5.60. The maximum atomic E-state index is 5.60. The van der Waals surface area contributed by atoms with E-state index in [-0.39, 0.29) is 0 Å². The Morgan fingerprint density at radius 1 is 1.10 bits per heavy atom. The lowest BCUT2D eigenvalue weighted by molar-refractivity contribution is 0.171. The van der Waals surface area contributed by atoms with E-state index >= 15 is 0 Å². The minimum atomic E-state index is 0.602. The van der Waals surface area contributed by atoms with E-state index in [1.807, 2.05) is 12.1 Å². The van der Waals surface area contributed by atoms with Gasteiger partial charge in [0.25, 0.3) is 0 Å². The number of rotatable bonds is 3. The minimum absolute atomic E-state index is 0.602. The fourth-order valence-electron chi connectivity index (χ4n) is 1.99. The van der Waals surface area contributed by atoms with Gasteiger partial charge in [0.15, 0.2) is 11.5 Å². The maximum Gasteiger partial charge on any atom is 0.163 e. The van der Waals surface area contributed by atoms with E-state index in [2.05, 4.69) is 50.2 Å². The molecule has 3 nitrogen and oxygen atoms in total. The summed E-state index contributed by atoms with van der Waals surface area (Å²) in [4.78, 5) is 2.58. The van der Waals surface area contributed by atoms with Gasteiger partial charge in [-0.25, -0.2) is 0 Å². The summed E-state index contributed by atoms with van der Waals surface area (Å²) in [6.07, 6.45) is 0. The van der Waals surface area contributed by atoms with Gasteiger partial charge in [-0.15, -0.1) is 11.3 Å². The second kappa shape index (κ2) is 5.95. The van der Waals surface area contributed by atoms with Gasteiger partial charge < -0.3 is 14.8 Å². The number of hydrogen-bond donors (Lipinski definition) is 1. The molecule has 1 aromatic heterocycles. The largest absolute Gasteiger partial charge is 0.486 e. The highest BCUT2D eigenvalue weighted by Gasteiger charge is 2.15. The Morgan fingerprint density at radius 3 is 2.45 bits per heavy atom. The van der Waals surface area contributed by atoms with Crippen LogP contribution < -0.4 is 14.8 Å². The molecule has 0 unspecified atom stereocenters. The van der Waals surface area contributed by atoms with Crippen LogP contribution in [-0.4, -0.2) is 13.2 Å². The number of benzene rings is 1. The Bertz CT molecular complexity index is 623. The third kappa shape index (κ3) is 2.97. The summed E-state index contributed by atoms with van der Waals surface area (Å²) >= 11 is 8.90. The average Bonchev–Trinajstić information content (AvgIpc) is 2.75. The molecule has 0 fully saturated rings. The standard InChI is InChI=1S/C14H13Br2NO2S/c1-8-10(15)4-9(20-8)7-17-12-6-14-13(5-11(12)16)18-2-3-19-14/h4-6,17H,2-3,7H2,1H3. The van der Waals surface area contributed by atoms with Crippen LogP contribution in [0.25, 0.3) is 0 Å². The van der Waals surface area contributed by atoms with Gasteiger partial charge in [-0.05, 0) is 44.8 Å². The van der Waals surface area contributed by atoms with Crippen LogP contribution in [0.4, 0.5) is 5.69 Å². The number of hydrogen-bond acceptors (Lipinski definition) is 4. The van der Waals surface area contributed by atoms with Crippen molar-refractivity contribution in [2.75, 3.05) is 18.5 Å². The normalized spacial score (nSPS) is 13.3. The van der Waals surface area contributed by atoms with Crippen molar-refractivity contribution in [3.8, 4) is 11.5 Å². The molecule has 0 bridgehead atoms. The second-order valence-electron chi connectivity index (χ2n) is 4.45. The second-order valence-corrected chi connectivity index (χ2v) is 7.50. The molecule has 2 aromatic rings. The zero-order valence-electron chi connectivity index (χ0n) is 10.8. The summed E-state index contributed by atoms with van der Waals surface area (Å²) in [6, 6.07) is 6.08. The molecule has 0 amide bonds. The Balaban J connectivity index is 1.77. The molecule has 1 aliphatic heterocycles. The molecule has 2 heterocycles. The van der Waals surface area contributed by atoms with E-state index in [1.54, 1.807) is 11.3 Å². The van der Waals surface area contributed by atoms with Crippen molar-refractivity contribution in [2.24, 2.45) is 0 Å². The fraction of sp³-hybridized carbons (Fsp3) is 0.286. The first-order chi connectivity index (χ1) is 9.63. The Kier molecular flexibility index (Phi) is 4.23. The van der Waals surface area contributed by atoms with E-state index in [0.717, 1.165) is 28.2 Å². The topological polar surface area (TPSA) is 30.5 Å². The Hall–Kier alpha value is -0.720. The van der Waals surface area contributed by atoms with Crippen molar-refractivity contribution >= 4 is 48.9 Å². The number of thiophene rings is 1. The highest BCUT2D eigenvalue weighted by Crippen LogP contribution is 2.38. The van der Waals surface area contributed by atoms with Crippen LogP contribution in [0.1, 0.15) is 9.75 Å². The molecule has 0 atom stereocenters. The molecule has 106 valence electrons. The molecule has 0 aliphatic carbocycles. The SMILES string of the molecule is Cc1sc(CNc2cc3c(cc2Br)OCCO3)cc1Br. The highest BCUT2D eigenvalue weighted by atomic mass is 79.9. The van der Waals surface area contributed by atoms with Gasteiger partial charge in [-0.3, -0.25) is 0 Å². The van der Waals surface area contributed by atoms with Crippen molar-refractivity contribution in [1.82, 2.24) is 0 Å². The zero-order chi connectivity index (χ0) is 14.1. The molecule has 0 spiro atoms. The first-order valence-corrected chi connectivity index (χ1v) is 8.61. The van der Waals surface area contributed by atoms with E-state index in [1.165, 1.54) is 14.2 Å². The monoisotopic (exact) mass is 417 g/mol. The minimum Gasteiger partial charge on any atom is -0.486 e. The van der Waals surface area contributed by atoms with Gasteiger partial charge in [0.1, 0.15) is 13.2 Å². The van der Waals surface area contributed by atoms with Crippen molar-refractivity contribution < 1.29 is 9.47 Å². The molecule has 20 heavy (non-hydrogen) atoms. The highest BCUT2D eigenvalue weighted by molar-refractivity contribution is 9.11. The summed E-state index contributed by atoms with van der Waals surface area (Å²) in [5.74, 6) is 1.59. The number of anilines is 1. The van der Waals surface area contributed by atoms with Gasteiger partial charge in [-0.2, -0.15) is 0 Å². The average molecular weight is 419 g/mol. The summed E-state index contributed by atoms with van der Waals surface area (Å²) in [7, 11) is 0. The molecular formula is C14H13Br2NO2S. The first kappa shape index (κ1) is 14.2. The lowest BCUT2D eigenvalue weighted by Gasteiger charge is -2.20. The Labute approximate surface area is 138 Å². The van der Waals surface area contributed by atoms with Crippen LogP contribution in [0.3, 0.4) is 0 Å². The number of ether oxygens (including phenoxy) is 2. The third-order valence-corrected chi connectivity index (χ3v) is 5.79. The lowest BCUT2D eigenvalue weighted by Crippen LogP contribution is -2.15. The van der Waals surface area contributed by atoms with Crippen molar-refractivity contribution in [3.63, 3.8) is 0 Å². The molecule has 0 radical (unpaired) electrons. The van der Waals surface area contributed by atoms with E-state index in [9.17, 15) is 0 Å². The number of nitrogens with one attached hydrogen (secondary N) is 1. The quantitative estimate of drug-likeness (QED) is 0.763. The summed E-state index contributed by atoms with van der Waals surface area (Å²) in [6.45, 7) is 4.10. The molecule has 1 aliphatic rings. The van der Waals surface area contributed by atoms with Crippen LogP contribution in [0.2, 0.25) is 0 Å². The predicted octanol–water partition coefficient (Wildman–Crippen LogP) is 4.96. The molecule has 1 aromatic carbocycles. The number of fused-ring (bicyclic) bond motifs is 1. The molecule has 1 N–H and O–H groups in total.